The van der Waals surface area contributed by atoms with Crippen molar-refractivity contribution >= 4 is 5.91 Å². The summed E-state index contributed by atoms with van der Waals surface area (Å²) in [5, 5.41) is 3.12. The zero-order valence-corrected chi connectivity index (χ0v) is 13.5. The van der Waals surface area contributed by atoms with Crippen molar-refractivity contribution in [3.63, 3.8) is 0 Å². The number of amides is 1. The van der Waals surface area contributed by atoms with Gasteiger partial charge in [-0.3, -0.25) is 4.79 Å². The van der Waals surface area contributed by atoms with Crippen LogP contribution in [0.1, 0.15) is 58.8 Å². The fourth-order valence-electron chi connectivity index (χ4n) is 4.87. The van der Waals surface area contributed by atoms with Gasteiger partial charge in [-0.05, 0) is 25.2 Å². The zero-order valence-electron chi connectivity index (χ0n) is 13.5. The van der Waals surface area contributed by atoms with Gasteiger partial charge in [0.1, 0.15) is 5.54 Å². The molecule has 0 aromatic rings. The van der Waals surface area contributed by atoms with Gasteiger partial charge in [-0.2, -0.15) is 0 Å². The summed E-state index contributed by atoms with van der Waals surface area (Å²) in [7, 11) is 0. The highest BCUT2D eigenvalue weighted by molar-refractivity contribution is 5.89. The smallest absolute Gasteiger partial charge is 0.241 e. The Morgan fingerprint density at radius 2 is 1.95 bits per heavy atom. The summed E-state index contributed by atoms with van der Waals surface area (Å²) in [6.45, 7) is 5.74. The summed E-state index contributed by atoms with van der Waals surface area (Å²) in [6, 6.07) is 0. The van der Waals surface area contributed by atoms with E-state index >= 15 is 0 Å². The number of carbonyl (C=O) groups excluding carboxylic acids is 1. The summed E-state index contributed by atoms with van der Waals surface area (Å²) in [4.78, 5) is 12.7. The van der Waals surface area contributed by atoms with Gasteiger partial charge >= 0.3 is 0 Å². The lowest BCUT2D eigenvalue weighted by molar-refractivity contribution is -0.225. The van der Waals surface area contributed by atoms with Crippen LogP contribution in [0.4, 0.5) is 0 Å². The highest BCUT2D eigenvalue weighted by atomic mass is 16.5. The molecule has 3 unspecified atom stereocenters. The molecule has 3 aliphatic rings. The first kappa shape index (κ1) is 15.3. The molecule has 3 fully saturated rings. The number of ether oxygens (including phenoxy) is 1. The van der Waals surface area contributed by atoms with Crippen LogP contribution >= 0.6 is 0 Å². The Bertz CT molecular complexity index is 404. The number of nitrogens with one attached hydrogen (secondary N) is 1. The molecule has 3 rings (SSSR count). The molecule has 1 saturated heterocycles. The van der Waals surface area contributed by atoms with Gasteiger partial charge in [-0.25, -0.2) is 0 Å². The number of hydrogen-bond donors (Lipinski definition) is 2. The predicted octanol–water partition coefficient (Wildman–Crippen LogP) is 2.22. The summed E-state index contributed by atoms with van der Waals surface area (Å²) < 4.78 is 5.86. The van der Waals surface area contributed by atoms with Gasteiger partial charge in [-0.1, -0.05) is 39.5 Å². The second-order valence-corrected chi connectivity index (χ2v) is 7.83. The molecule has 0 aromatic carbocycles. The van der Waals surface area contributed by atoms with E-state index in [1.54, 1.807) is 0 Å². The van der Waals surface area contributed by atoms with Crippen LogP contribution < -0.4 is 11.1 Å². The number of rotatable bonds is 4. The van der Waals surface area contributed by atoms with Crippen LogP contribution in [0.2, 0.25) is 0 Å². The Labute approximate surface area is 128 Å². The quantitative estimate of drug-likeness (QED) is 0.835. The average Bonchev–Trinajstić information content (AvgIpc) is 2.99. The molecule has 1 amide bonds. The molecule has 120 valence electrons. The first-order chi connectivity index (χ1) is 9.98. The monoisotopic (exact) mass is 294 g/mol. The van der Waals surface area contributed by atoms with Gasteiger partial charge in [0, 0.05) is 24.5 Å². The maximum atomic E-state index is 12.7. The van der Waals surface area contributed by atoms with Crippen molar-refractivity contribution in [2.75, 3.05) is 13.2 Å². The van der Waals surface area contributed by atoms with E-state index in [4.69, 9.17) is 10.5 Å². The number of hydrogen-bond acceptors (Lipinski definition) is 3. The number of carbonyl (C=O) groups is 1. The van der Waals surface area contributed by atoms with E-state index in [1.165, 1.54) is 25.7 Å². The third-order valence-corrected chi connectivity index (χ3v) is 6.37. The van der Waals surface area contributed by atoms with Crippen molar-refractivity contribution in [2.24, 2.45) is 23.0 Å². The van der Waals surface area contributed by atoms with E-state index in [2.05, 4.69) is 19.2 Å². The van der Waals surface area contributed by atoms with Crippen molar-refractivity contribution in [3.05, 3.63) is 0 Å². The van der Waals surface area contributed by atoms with E-state index < -0.39 is 5.54 Å². The van der Waals surface area contributed by atoms with Gasteiger partial charge < -0.3 is 15.8 Å². The highest BCUT2D eigenvalue weighted by Crippen LogP contribution is 2.57. The molecular formula is C17H30N2O2. The molecule has 4 nitrogen and oxygen atoms in total. The van der Waals surface area contributed by atoms with Crippen LogP contribution in [-0.2, 0) is 9.53 Å². The number of nitrogens with two attached hydrogens (primary N) is 1. The lowest BCUT2D eigenvalue weighted by Gasteiger charge is -2.65. The third-order valence-electron chi connectivity index (χ3n) is 6.37. The number of fused-ring (bicyclic) bond motifs is 1. The second-order valence-electron chi connectivity index (χ2n) is 7.83. The third kappa shape index (κ3) is 2.31. The molecule has 21 heavy (non-hydrogen) atoms. The Morgan fingerprint density at radius 3 is 2.67 bits per heavy atom. The van der Waals surface area contributed by atoms with E-state index in [1.807, 2.05) is 0 Å². The van der Waals surface area contributed by atoms with E-state index in [0.717, 1.165) is 38.3 Å². The molecular weight excluding hydrogens is 264 g/mol. The molecule has 3 N–H and O–H groups in total. The predicted molar refractivity (Wildman–Crippen MR) is 82.7 cm³/mol. The largest absolute Gasteiger partial charge is 0.377 e. The van der Waals surface area contributed by atoms with Crippen molar-refractivity contribution in [3.8, 4) is 0 Å². The van der Waals surface area contributed by atoms with Crippen LogP contribution in [0.3, 0.4) is 0 Å². The highest BCUT2D eigenvalue weighted by Gasteiger charge is 2.70. The Balaban J connectivity index is 1.57. The first-order valence-electron chi connectivity index (χ1n) is 8.66. The van der Waals surface area contributed by atoms with Gasteiger partial charge in [0.05, 0.1) is 6.10 Å². The second kappa shape index (κ2) is 5.54. The standard InChI is InChI=1S/C17H30N2O2/c1-16(2)14-13(8-5-11-21-14)17(16,18)15(20)19-10-9-12-6-3-4-7-12/h12-14H,3-11,18H2,1-2H3,(H,19,20). The molecule has 4 heteroatoms. The van der Waals surface area contributed by atoms with E-state index in [0.29, 0.717) is 0 Å². The normalized spacial score (nSPS) is 38.6. The molecule has 3 atom stereocenters. The molecule has 1 heterocycles. The maximum absolute atomic E-state index is 12.7. The summed E-state index contributed by atoms with van der Waals surface area (Å²) in [5.41, 5.74) is 5.56. The molecule has 0 radical (unpaired) electrons. The fraction of sp³-hybridized carbons (Fsp3) is 0.941. The molecule has 0 aromatic heterocycles. The minimum atomic E-state index is -0.756. The van der Waals surface area contributed by atoms with Gasteiger partial charge in [0.2, 0.25) is 5.91 Å². The van der Waals surface area contributed by atoms with Crippen LogP contribution in [0, 0.1) is 17.3 Å². The molecule has 0 bridgehead atoms. The van der Waals surface area contributed by atoms with Gasteiger partial charge in [-0.15, -0.1) is 0 Å². The maximum Gasteiger partial charge on any atom is 0.241 e. The van der Waals surface area contributed by atoms with Crippen LogP contribution in [0.15, 0.2) is 0 Å². The van der Waals surface area contributed by atoms with Crippen LogP contribution in [0.25, 0.3) is 0 Å². The zero-order chi connectivity index (χ0) is 15.1. The van der Waals surface area contributed by atoms with Gasteiger partial charge in [0.25, 0.3) is 0 Å². The minimum Gasteiger partial charge on any atom is -0.377 e. The molecule has 2 saturated carbocycles. The summed E-state index contributed by atoms with van der Waals surface area (Å²) in [5.74, 6) is 1.03. The van der Waals surface area contributed by atoms with Gasteiger partial charge in [0.15, 0.2) is 0 Å². The molecule has 0 spiro atoms. The Hall–Kier alpha value is -0.610. The van der Waals surface area contributed by atoms with Crippen LogP contribution in [0.5, 0.6) is 0 Å². The van der Waals surface area contributed by atoms with Crippen molar-refractivity contribution in [1.29, 1.82) is 0 Å². The minimum absolute atomic E-state index is 0.0391. The molecule has 1 aliphatic heterocycles. The van der Waals surface area contributed by atoms with E-state index in [9.17, 15) is 4.79 Å². The topological polar surface area (TPSA) is 64.3 Å². The lowest BCUT2D eigenvalue weighted by Crippen LogP contribution is -2.82. The van der Waals surface area contributed by atoms with E-state index in [-0.39, 0.29) is 23.3 Å². The lowest BCUT2D eigenvalue weighted by atomic mass is 9.46. The van der Waals surface area contributed by atoms with Crippen molar-refractivity contribution < 1.29 is 9.53 Å². The first-order valence-corrected chi connectivity index (χ1v) is 8.66. The Kier molecular flexibility index (Phi) is 4.04. The summed E-state index contributed by atoms with van der Waals surface area (Å²) >= 11 is 0. The average molecular weight is 294 g/mol. The molecule has 2 aliphatic carbocycles. The van der Waals surface area contributed by atoms with Crippen molar-refractivity contribution in [2.45, 2.75) is 70.4 Å². The van der Waals surface area contributed by atoms with Crippen molar-refractivity contribution in [1.82, 2.24) is 5.32 Å². The fourth-order valence-corrected chi connectivity index (χ4v) is 4.87. The summed E-state index contributed by atoms with van der Waals surface area (Å²) in [6.07, 6.45) is 8.65. The van der Waals surface area contributed by atoms with Crippen LogP contribution in [-0.4, -0.2) is 30.7 Å². The Morgan fingerprint density at radius 1 is 1.24 bits per heavy atom. The SMILES string of the molecule is CC1(C)C2OCCCC2C1(N)C(=O)NCCC1CCCC1.